The number of rotatable bonds is 4. The number of nitrogens with two attached hydrogens (primary N) is 1. The maximum Gasteiger partial charge on any atom is 0.225 e. The van der Waals surface area contributed by atoms with Gasteiger partial charge < -0.3 is 16.0 Å². The predicted octanol–water partition coefficient (Wildman–Crippen LogP) is -0.0441. The quantitative estimate of drug-likeness (QED) is 0.725. The fraction of sp³-hybridized carbons (Fsp3) is 0.833. The van der Waals surface area contributed by atoms with Gasteiger partial charge in [-0.05, 0) is 25.8 Å². The largest absolute Gasteiger partial charge is 0.359 e. The van der Waals surface area contributed by atoms with Crippen LogP contribution in [0.2, 0.25) is 0 Å². The Hall–Kier alpha value is -1.10. The van der Waals surface area contributed by atoms with Gasteiger partial charge >= 0.3 is 0 Å². The van der Waals surface area contributed by atoms with E-state index in [2.05, 4.69) is 5.32 Å². The van der Waals surface area contributed by atoms with Crippen LogP contribution in [0.25, 0.3) is 0 Å². The van der Waals surface area contributed by atoms with E-state index in [1.807, 2.05) is 11.8 Å². The Morgan fingerprint density at radius 1 is 1.41 bits per heavy atom. The summed E-state index contributed by atoms with van der Waals surface area (Å²) in [7, 11) is 1.66. The Balaban J connectivity index is 2.41. The Labute approximate surface area is 103 Å². The summed E-state index contributed by atoms with van der Waals surface area (Å²) in [6.07, 6.45) is 2.26. The minimum absolute atomic E-state index is 0.00319. The molecular formula is C12H23N3O2. The van der Waals surface area contributed by atoms with Crippen molar-refractivity contribution in [1.29, 1.82) is 0 Å². The Kier molecular flexibility index (Phi) is 5.41. The van der Waals surface area contributed by atoms with E-state index in [1.54, 1.807) is 7.05 Å². The molecule has 1 atom stereocenters. The molecular weight excluding hydrogens is 218 g/mol. The first-order chi connectivity index (χ1) is 8.10. The highest BCUT2D eigenvalue weighted by Gasteiger charge is 2.28. The Bertz CT molecular complexity index is 273. The first kappa shape index (κ1) is 14.0. The van der Waals surface area contributed by atoms with Gasteiger partial charge in [-0.15, -0.1) is 0 Å². The third-order valence-electron chi connectivity index (χ3n) is 3.45. The van der Waals surface area contributed by atoms with Gasteiger partial charge in [0.25, 0.3) is 0 Å². The number of likely N-dealkylation sites (tertiary alicyclic amines) is 1. The van der Waals surface area contributed by atoms with Crippen molar-refractivity contribution in [2.45, 2.75) is 26.2 Å². The second kappa shape index (κ2) is 6.59. The average Bonchev–Trinajstić information content (AvgIpc) is 2.37. The maximum atomic E-state index is 12.0. The van der Waals surface area contributed by atoms with Crippen LogP contribution in [0.1, 0.15) is 26.2 Å². The molecule has 1 saturated heterocycles. The molecule has 1 heterocycles. The molecule has 3 N–H and O–H groups in total. The molecule has 0 saturated carbocycles. The topological polar surface area (TPSA) is 75.4 Å². The molecule has 1 rings (SSSR count). The smallest absolute Gasteiger partial charge is 0.225 e. The summed E-state index contributed by atoms with van der Waals surface area (Å²) in [5, 5.41) is 2.66. The molecule has 98 valence electrons. The van der Waals surface area contributed by atoms with Crippen molar-refractivity contribution in [1.82, 2.24) is 10.2 Å². The lowest BCUT2D eigenvalue weighted by molar-refractivity contribution is -0.138. The van der Waals surface area contributed by atoms with Crippen LogP contribution in [0.4, 0.5) is 0 Å². The lowest BCUT2D eigenvalue weighted by Gasteiger charge is -2.32. The molecule has 0 aromatic carbocycles. The molecule has 1 aliphatic heterocycles. The van der Waals surface area contributed by atoms with Crippen LogP contribution in [-0.2, 0) is 9.59 Å². The molecule has 1 unspecified atom stereocenters. The van der Waals surface area contributed by atoms with E-state index in [0.29, 0.717) is 19.6 Å². The van der Waals surface area contributed by atoms with E-state index in [1.165, 1.54) is 0 Å². The van der Waals surface area contributed by atoms with Gasteiger partial charge in [0, 0.05) is 32.0 Å². The summed E-state index contributed by atoms with van der Waals surface area (Å²) in [5.41, 5.74) is 5.45. The van der Waals surface area contributed by atoms with Gasteiger partial charge in [-0.25, -0.2) is 0 Å². The van der Waals surface area contributed by atoms with Gasteiger partial charge in [-0.1, -0.05) is 6.92 Å². The lowest BCUT2D eigenvalue weighted by Crippen LogP contribution is -2.44. The van der Waals surface area contributed by atoms with Crippen molar-refractivity contribution in [2.24, 2.45) is 17.6 Å². The van der Waals surface area contributed by atoms with Crippen LogP contribution in [0.5, 0.6) is 0 Å². The van der Waals surface area contributed by atoms with Crippen LogP contribution in [0.15, 0.2) is 0 Å². The zero-order valence-corrected chi connectivity index (χ0v) is 10.7. The molecule has 0 aliphatic carbocycles. The second-order valence-corrected chi connectivity index (χ2v) is 4.69. The molecule has 0 bridgehead atoms. The van der Waals surface area contributed by atoms with Gasteiger partial charge in [0.05, 0.1) is 0 Å². The van der Waals surface area contributed by atoms with E-state index >= 15 is 0 Å². The summed E-state index contributed by atoms with van der Waals surface area (Å²) in [6, 6.07) is 0. The first-order valence-electron chi connectivity index (χ1n) is 6.30. The normalized spacial score (nSPS) is 18.9. The first-order valence-corrected chi connectivity index (χ1v) is 6.30. The minimum Gasteiger partial charge on any atom is -0.359 e. The zero-order chi connectivity index (χ0) is 12.8. The van der Waals surface area contributed by atoms with Gasteiger partial charge in [-0.2, -0.15) is 0 Å². The standard InChI is InChI=1S/C12H23N3O2/c1-9(3-6-13)12(17)15-7-4-10(5-8-15)11(16)14-2/h9-10H,3-8,13H2,1-2H3,(H,14,16). The van der Waals surface area contributed by atoms with Crippen LogP contribution in [0, 0.1) is 11.8 Å². The van der Waals surface area contributed by atoms with Crippen molar-refractivity contribution in [3.63, 3.8) is 0 Å². The van der Waals surface area contributed by atoms with Gasteiger partial charge in [0.1, 0.15) is 0 Å². The van der Waals surface area contributed by atoms with E-state index in [0.717, 1.165) is 19.3 Å². The highest BCUT2D eigenvalue weighted by Crippen LogP contribution is 2.19. The van der Waals surface area contributed by atoms with E-state index in [-0.39, 0.29) is 23.7 Å². The number of hydrogen-bond donors (Lipinski definition) is 2. The number of hydrogen-bond acceptors (Lipinski definition) is 3. The number of nitrogens with one attached hydrogen (secondary N) is 1. The third kappa shape index (κ3) is 3.70. The molecule has 1 aliphatic rings. The highest BCUT2D eigenvalue weighted by atomic mass is 16.2. The zero-order valence-electron chi connectivity index (χ0n) is 10.7. The van der Waals surface area contributed by atoms with Crippen molar-refractivity contribution in [2.75, 3.05) is 26.7 Å². The molecule has 5 nitrogen and oxygen atoms in total. The summed E-state index contributed by atoms with van der Waals surface area (Å²) < 4.78 is 0. The lowest BCUT2D eigenvalue weighted by atomic mass is 9.94. The monoisotopic (exact) mass is 241 g/mol. The van der Waals surface area contributed by atoms with Crippen LogP contribution in [0.3, 0.4) is 0 Å². The van der Waals surface area contributed by atoms with E-state index in [9.17, 15) is 9.59 Å². The van der Waals surface area contributed by atoms with Crippen molar-refractivity contribution < 1.29 is 9.59 Å². The molecule has 0 radical (unpaired) electrons. The fourth-order valence-electron chi connectivity index (χ4n) is 2.25. The second-order valence-electron chi connectivity index (χ2n) is 4.69. The highest BCUT2D eigenvalue weighted by molar-refractivity contribution is 5.80. The van der Waals surface area contributed by atoms with Crippen molar-refractivity contribution >= 4 is 11.8 Å². The molecule has 1 fully saturated rings. The molecule has 17 heavy (non-hydrogen) atoms. The van der Waals surface area contributed by atoms with Crippen LogP contribution in [-0.4, -0.2) is 43.4 Å². The van der Waals surface area contributed by atoms with Crippen molar-refractivity contribution in [3.8, 4) is 0 Å². The number of nitrogens with zero attached hydrogens (tertiary/aromatic N) is 1. The summed E-state index contributed by atoms with van der Waals surface area (Å²) in [5.74, 6) is 0.323. The third-order valence-corrected chi connectivity index (χ3v) is 3.45. The fourth-order valence-corrected chi connectivity index (χ4v) is 2.25. The summed E-state index contributed by atoms with van der Waals surface area (Å²) in [6.45, 7) is 3.83. The van der Waals surface area contributed by atoms with Crippen molar-refractivity contribution in [3.05, 3.63) is 0 Å². The molecule has 0 aromatic rings. The Morgan fingerprint density at radius 3 is 2.47 bits per heavy atom. The van der Waals surface area contributed by atoms with Gasteiger partial charge in [0.2, 0.25) is 11.8 Å². The maximum absolute atomic E-state index is 12.0. The number of piperidine rings is 1. The number of carbonyl (C=O) groups excluding carboxylic acids is 2. The number of amides is 2. The predicted molar refractivity (Wildman–Crippen MR) is 66.2 cm³/mol. The molecule has 0 aromatic heterocycles. The minimum atomic E-state index is -0.00319. The van der Waals surface area contributed by atoms with Crippen LogP contribution >= 0.6 is 0 Å². The Morgan fingerprint density at radius 2 is 2.00 bits per heavy atom. The van der Waals surface area contributed by atoms with Crippen LogP contribution < -0.4 is 11.1 Å². The summed E-state index contributed by atoms with van der Waals surface area (Å²) in [4.78, 5) is 25.3. The molecule has 0 spiro atoms. The van der Waals surface area contributed by atoms with E-state index < -0.39 is 0 Å². The number of carbonyl (C=O) groups is 2. The van der Waals surface area contributed by atoms with Gasteiger partial charge in [0.15, 0.2) is 0 Å². The molecule has 5 heteroatoms. The average molecular weight is 241 g/mol. The van der Waals surface area contributed by atoms with Gasteiger partial charge in [-0.3, -0.25) is 9.59 Å². The van der Waals surface area contributed by atoms with E-state index in [4.69, 9.17) is 5.73 Å². The SMILES string of the molecule is CNC(=O)C1CCN(C(=O)C(C)CCN)CC1. The summed E-state index contributed by atoms with van der Waals surface area (Å²) >= 11 is 0. The molecule has 2 amide bonds.